The van der Waals surface area contributed by atoms with Gasteiger partial charge in [0.25, 0.3) is 0 Å². The van der Waals surface area contributed by atoms with E-state index in [0.29, 0.717) is 0 Å². The minimum atomic E-state index is -0.519. The fourth-order valence-corrected chi connectivity index (χ4v) is 3.34. The second kappa shape index (κ2) is 4.46. The van der Waals surface area contributed by atoms with Crippen LogP contribution < -0.4 is 0 Å². The Bertz CT molecular complexity index is 789. The molecular formula is C19H16O. The number of rotatable bonds is 0. The lowest BCUT2D eigenvalue weighted by Crippen LogP contribution is -2.03. The number of aliphatic hydroxyl groups excluding tert-OH is 1. The number of benzene rings is 3. The maximum atomic E-state index is 10.9. The van der Waals surface area contributed by atoms with Gasteiger partial charge in [-0.05, 0) is 45.9 Å². The Morgan fingerprint density at radius 3 is 2.45 bits per heavy atom. The van der Waals surface area contributed by atoms with Crippen LogP contribution in [-0.4, -0.2) is 5.11 Å². The van der Waals surface area contributed by atoms with E-state index in [0.717, 1.165) is 24.0 Å². The first-order valence-electron chi connectivity index (χ1n) is 7.11. The van der Waals surface area contributed by atoms with Crippen molar-refractivity contribution in [3.63, 3.8) is 0 Å². The van der Waals surface area contributed by atoms with Crippen LogP contribution in [0.4, 0.5) is 0 Å². The molecule has 1 N–H and O–H groups in total. The number of hydrogen-bond donors (Lipinski definition) is 1. The van der Waals surface area contributed by atoms with E-state index in [2.05, 4.69) is 42.5 Å². The minimum absolute atomic E-state index is 0.519. The molecule has 0 radical (unpaired) electrons. The van der Waals surface area contributed by atoms with Crippen molar-refractivity contribution in [1.82, 2.24) is 0 Å². The monoisotopic (exact) mass is 260 g/mol. The second-order valence-corrected chi connectivity index (χ2v) is 5.46. The first kappa shape index (κ1) is 11.7. The molecule has 4 rings (SSSR count). The predicted octanol–water partition coefficient (Wildman–Crippen LogP) is 4.02. The van der Waals surface area contributed by atoms with Gasteiger partial charge in [0.05, 0.1) is 0 Å². The number of hydrogen-bond acceptors (Lipinski definition) is 1. The van der Waals surface area contributed by atoms with Gasteiger partial charge in [0.2, 0.25) is 0 Å². The van der Waals surface area contributed by atoms with Crippen molar-refractivity contribution < 1.29 is 5.11 Å². The average molecular weight is 260 g/mol. The van der Waals surface area contributed by atoms with Crippen molar-refractivity contribution in [3.8, 4) is 0 Å². The second-order valence-electron chi connectivity index (χ2n) is 5.46. The zero-order chi connectivity index (χ0) is 13.5. The van der Waals surface area contributed by atoms with E-state index in [-0.39, 0.29) is 0 Å². The van der Waals surface area contributed by atoms with Crippen molar-refractivity contribution >= 4 is 10.8 Å². The van der Waals surface area contributed by atoms with Gasteiger partial charge in [0.1, 0.15) is 6.10 Å². The first-order chi connectivity index (χ1) is 9.84. The minimum Gasteiger partial charge on any atom is -0.384 e. The van der Waals surface area contributed by atoms with Crippen LogP contribution in [0.3, 0.4) is 0 Å². The molecule has 0 aromatic heterocycles. The summed E-state index contributed by atoms with van der Waals surface area (Å²) in [5, 5.41) is 13.3. The third-order valence-corrected chi connectivity index (χ3v) is 4.35. The van der Waals surface area contributed by atoms with Crippen molar-refractivity contribution in [3.05, 3.63) is 82.9 Å². The Labute approximate surface area is 118 Å². The molecular weight excluding hydrogens is 244 g/mol. The summed E-state index contributed by atoms with van der Waals surface area (Å²) in [5.74, 6) is 0. The van der Waals surface area contributed by atoms with Gasteiger partial charge in [-0.25, -0.2) is 0 Å². The highest BCUT2D eigenvalue weighted by Gasteiger charge is 2.23. The molecule has 1 aliphatic rings. The molecule has 3 aromatic rings. The van der Waals surface area contributed by atoms with E-state index >= 15 is 0 Å². The van der Waals surface area contributed by atoms with E-state index in [4.69, 9.17) is 0 Å². The summed E-state index contributed by atoms with van der Waals surface area (Å²) in [5.41, 5.74) is 4.68. The quantitative estimate of drug-likeness (QED) is 0.647. The van der Waals surface area contributed by atoms with Gasteiger partial charge >= 0.3 is 0 Å². The highest BCUT2D eigenvalue weighted by molar-refractivity contribution is 5.87. The summed E-state index contributed by atoms with van der Waals surface area (Å²) in [6.45, 7) is 0. The van der Waals surface area contributed by atoms with Crippen molar-refractivity contribution in [2.24, 2.45) is 0 Å². The molecule has 3 aromatic carbocycles. The van der Waals surface area contributed by atoms with Crippen molar-refractivity contribution in [1.29, 1.82) is 0 Å². The van der Waals surface area contributed by atoms with Crippen LogP contribution in [0.5, 0.6) is 0 Å². The van der Waals surface area contributed by atoms with Crippen molar-refractivity contribution in [2.45, 2.75) is 18.9 Å². The average Bonchev–Trinajstić information content (AvgIpc) is 2.65. The van der Waals surface area contributed by atoms with Crippen LogP contribution in [0.25, 0.3) is 10.8 Å². The van der Waals surface area contributed by atoms with Gasteiger partial charge in [-0.15, -0.1) is 0 Å². The zero-order valence-electron chi connectivity index (χ0n) is 11.2. The molecule has 0 spiro atoms. The number of aryl methyl sites for hydroxylation is 2. The predicted molar refractivity (Wildman–Crippen MR) is 81.9 cm³/mol. The summed E-state index contributed by atoms with van der Waals surface area (Å²) < 4.78 is 0. The van der Waals surface area contributed by atoms with Gasteiger partial charge < -0.3 is 5.11 Å². The Kier molecular flexibility index (Phi) is 2.61. The molecule has 0 fully saturated rings. The molecule has 20 heavy (non-hydrogen) atoms. The van der Waals surface area contributed by atoms with Gasteiger partial charge in [-0.3, -0.25) is 0 Å². The Morgan fingerprint density at radius 1 is 0.750 bits per heavy atom. The molecule has 0 heterocycles. The van der Waals surface area contributed by atoms with Crippen LogP contribution in [0.1, 0.15) is 28.4 Å². The van der Waals surface area contributed by atoms with Crippen LogP contribution >= 0.6 is 0 Å². The van der Waals surface area contributed by atoms with Crippen LogP contribution in [0.15, 0.2) is 60.7 Å². The number of aliphatic hydroxyl groups is 1. The van der Waals surface area contributed by atoms with Gasteiger partial charge in [-0.1, -0.05) is 60.7 Å². The molecule has 1 nitrogen and oxygen atoms in total. The third-order valence-electron chi connectivity index (χ3n) is 4.35. The van der Waals surface area contributed by atoms with E-state index in [1.165, 1.54) is 21.9 Å². The number of fused-ring (bicyclic) bond motifs is 4. The fraction of sp³-hybridized carbons (Fsp3) is 0.158. The smallest absolute Gasteiger partial charge is 0.105 e. The molecule has 0 aliphatic heterocycles. The van der Waals surface area contributed by atoms with Gasteiger partial charge in [-0.2, -0.15) is 0 Å². The maximum Gasteiger partial charge on any atom is 0.105 e. The molecule has 1 aliphatic carbocycles. The Hall–Kier alpha value is -2.12. The van der Waals surface area contributed by atoms with Crippen LogP contribution in [0.2, 0.25) is 0 Å². The topological polar surface area (TPSA) is 20.2 Å². The highest BCUT2D eigenvalue weighted by atomic mass is 16.3. The largest absolute Gasteiger partial charge is 0.384 e. The summed E-state index contributed by atoms with van der Waals surface area (Å²) in [7, 11) is 0. The Morgan fingerprint density at radius 2 is 1.50 bits per heavy atom. The Balaban J connectivity index is 2.03. The highest BCUT2D eigenvalue weighted by Crippen LogP contribution is 2.36. The van der Waals surface area contributed by atoms with Gasteiger partial charge in [0, 0.05) is 0 Å². The summed E-state index contributed by atoms with van der Waals surface area (Å²) in [6, 6.07) is 20.9. The van der Waals surface area contributed by atoms with E-state index < -0.39 is 6.10 Å². The first-order valence-corrected chi connectivity index (χ1v) is 7.11. The molecule has 98 valence electrons. The molecule has 0 saturated heterocycles. The zero-order valence-corrected chi connectivity index (χ0v) is 11.2. The van der Waals surface area contributed by atoms with E-state index in [1.807, 2.05) is 18.2 Å². The lowest BCUT2D eigenvalue weighted by atomic mass is 9.92. The van der Waals surface area contributed by atoms with E-state index in [1.54, 1.807) is 0 Å². The molecule has 1 atom stereocenters. The van der Waals surface area contributed by atoms with Crippen LogP contribution in [0, 0.1) is 0 Å². The summed E-state index contributed by atoms with van der Waals surface area (Å²) in [4.78, 5) is 0. The maximum absolute atomic E-state index is 10.9. The molecule has 0 unspecified atom stereocenters. The summed E-state index contributed by atoms with van der Waals surface area (Å²) >= 11 is 0. The molecule has 1 heteroatoms. The normalized spacial score (nSPS) is 17.4. The standard InChI is InChI=1S/C19H16O/c20-19-17-8-4-2-6-14(17)10-12-15-11-9-13-5-1-3-7-16(13)18(15)19/h1-9,11,19-20H,10,12H2/t19-/m1/s1. The lowest BCUT2D eigenvalue weighted by molar-refractivity contribution is 0.221. The third kappa shape index (κ3) is 1.67. The van der Waals surface area contributed by atoms with Gasteiger partial charge in [0.15, 0.2) is 0 Å². The molecule has 0 saturated carbocycles. The fourth-order valence-electron chi connectivity index (χ4n) is 3.34. The van der Waals surface area contributed by atoms with E-state index in [9.17, 15) is 5.11 Å². The van der Waals surface area contributed by atoms with Crippen molar-refractivity contribution in [2.75, 3.05) is 0 Å². The summed E-state index contributed by atoms with van der Waals surface area (Å²) in [6.07, 6.45) is 1.47. The van der Waals surface area contributed by atoms with Crippen LogP contribution in [-0.2, 0) is 12.8 Å². The SMILES string of the molecule is O[C@@H]1c2ccccc2CCc2ccc3ccccc3c21. The molecule has 0 amide bonds. The lowest BCUT2D eigenvalue weighted by Gasteiger charge is -2.17. The molecule has 0 bridgehead atoms.